The van der Waals surface area contributed by atoms with Crippen LogP contribution in [0.15, 0.2) is 36.5 Å². The number of unbranched alkanes of at least 4 members (excludes halogenated alkanes) is 1. The Kier molecular flexibility index (Phi) is 5.97. The molecule has 0 fully saturated rings. The first kappa shape index (κ1) is 21.0. The van der Waals surface area contributed by atoms with Crippen molar-refractivity contribution in [1.82, 2.24) is 14.5 Å². The summed E-state index contributed by atoms with van der Waals surface area (Å²) in [6.45, 7) is 1.22. The molecule has 0 saturated carbocycles. The SMILES string of the molecule is O=C(O)CCCCC(=O)N1CCc2c(n(Cc3cc(F)cc(F)c3)c3ncccc23)C1. The van der Waals surface area contributed by atoms with Crippen LogP contribution in [0.1, 0.15) is 42.5 Å². The molecule has 0 radical (unpaired) electrons. The lowest BCUT2D eigenvalue weighted by Crippen LogP contribution is -2.36. The summed E-state index contributed by atoms with van der Waals surface area (Å²) in [5, 5.41) is 9.73. The quantitative estimate of drug-likeness (QED) is 0.581. The zero-order valence-corrected chi connectivity index (χ0v) is 17.0. The van der Waals surface area contributed by atoms with Crippen molar-refractivity contribution in [2.45, 2.75) is 45.2 Å². The van der Waals surface area contributed by atoms with Crippen molar-refractivity contribution in [2.75, 3.05) is 6.54 Å². The fourth-order valence-corrected chi connectivity index (χ4v) is 4.24. The number of pyridine rings is 1. The molecule has 1 N–H and O–H groups in total. The first-order valence-electron chi connectivity index (χ1n) is 10.3. The van der Waals surface area contributed by atoms with Crippen LogP contribution in [0.5, 0.6) is 0 Å². The third-order valence-corrected chi connectivity index (χ3v) is 5.66. The molecule has 0 aliphatic carbocycles. The molecular formula is C23H23F2N3O3. The van der Waals surface area contributed by atoms with Crippen molar-refractivity contribution in [1.29, 1.82) is 0 Å². The van der Waals surface area contributed by atoms with Gasteiger partial charge in [0.2, 0.25) is 5.91 Å². The van der Waals surface area contributed by atoms with E-state index in [1.807, 2.05) is 16.7 Å². The Morgan fingerprint density at radius 1 is 1.10 bits per heavy atom. The fourth-order valence-electron chi connectivity index (χ4n) is 4.24. The molecule has 1 amide bonds. The van der Waals surface area contributed by atoms with E-state index in [0.29, 0.717) is 44.3 Å². The lowest BCUT2D eigenvalue weighted by atomic mass is 10.0. The second-order valence-electron chi connectivity index (χ2n) is 7.83. The first-order chi connectivity index (χ1) is 14.9. The van der Waals surface area contributed by atoms with Crippen LogP contribution in [0.3, 0.4) is 0 Å². The smallest absolute Gasteiger partial charge is 0.303 e. The predicted molar refractivity (Wildman–Crippen MR) is 110 cm³/mol. The zero-order chi connectivity index (χ0) is 22.0. The topological polar surface area (TPSA) is 75.4 Å². The summed E-state index contributed by atoms with van der Waals surface area (Å²) >= 11 is 0. The molecule has 3 aromatic rings. The van der Waals surface area contributed by atoms with Crippen molar-refractivity contribution in [3.63, 3.8) is 0 Å². The molecule has 0 spiro atoms. The Morgan fingerprint density at radius 3 is 2.58 bits per heavy atom. The summed E-state index contributed by atoms with van der Waals surface area (Å²) < 4.78 is 29.4. The van der Waals surface area contributed by atoms with E-state index in [4.69, 9.17) is 5.11 Å². The van der Waals surface area contributed by atoms with Gasteiger partial charge in [-0.25, -0.2) is 13.8 Å². The molecule has 162 valence electrons. The number of fused-ring (bicyclic) bond motifs is 3. The monoisotopic (exact) mass is 427 g/mol. The highest BCUT2D eigenvalue weighted by Gasteiger charge is 2.27. The van der Waals surface area contributed by atoms with Gasteiger partial charge in [0.05, 0.1) is 6.54 Å². The molecule has 1 aliphatic rings. The molecular weight excluding hydrogens is 404 g/mol. The van der Waals surface area contributed by atoms with Gasteiger partial charge in [0.15, 0.2) is 0 Å². The molecule has 2 aromatic heterocycles. The van der Waals surface area contributed by atoms with Gasteiger partial charge < -0.3 is 14.6 Å². The molecule has 4 rings (SSSR count). The molecule has 1 aromatic carbocycles. The van der Waals surface area contributed by atoms with E-state index in [1.165, 1.54) is 12.1 Å². The molecule has 6 nitrogen and oxygen atoms in total. The van der Waals surface area contributed by atoms with Crippen LogP contribution in [0.2, 0.25) is 0 Å². The molecule has 0 atom stereocenters. The van der Waals surface area contributed by atoms with E-state index >= 15 is 0 Å². The van der Waals surface area contributed by atoms with Crippen molar-refractivity contribution in [2.24, 2.45) is 0 Å². The number of halogens is 2. The van der Waals surface area contributed by atoms with Gasteiger partial charge in [-0.05, 0) is 54.7 Å². The number of carbonyl (C=O) groups excluding carboxylic acids is 1. The predicted octanol–water partition coefficient (Wildman–Crippen LogP) is 3.89. The highest BCUT2D eigenvalue weighted by atomic mass is 19.1. The van der Waals surface area contributed by atoms with Gasteiger partial charge in [0.1, 0.15) is 17.3 Å². The number of carboxylic acids is 1. The number of nitrogens with zero attached hydrogens (tertiary/aromatic N) is 3. The number of amides is 1. The van der Waals surface area contributed by atoms with Crippen LogP contribution in [0.25, 0.3) is 11.0 Å². The zero-order valence-electron chi connectivity index (χ0n) is 17.0. The average molecular weight is 427 g/mol. The highest BCUT2D eigenvalue weighted by Crippen LogP contribution is 2.31. The summed E-state index contributed by atoms with van der Waals surface area (Å²) in [7, 11) is 0. The van der Waals surface area contributed by atoms with Gasteiger partial charge in [0.25, 0.3) is 0 Å². The van der Waals surface area contributed by atoms with Crippen LogP contribution in [-0.4, -0.2) is 38.0 Å². The summed E-state index contributed by atoms with van der Waals surface area (Å²) in [5.74, 6) is -2.14. The summed E-state index contributed by atoms with van der Waals surface area (Å²) in [5.41, 5.74) is 3.24. The maximum atomic E-state index is 13.7. The number of benzene rings is 1. The maximum absolute atomic E-state index is 13.7. The Bertz CT molecular complexity index is 1120. The van der Waals surface area contributed by atoms with Gasteiger partial charge in [0, 0.05) is 49.3 Å². The van der Waals surface area contributed by atoms with Crippen LogP contribution < -0.4 is 0 Å². The lowest BCUT2D eigenvalue weighted by molar-refractivity contribution is -0.137. The minimum atomic E-state index is -0.860. The standard InChI is InChI=1S/C23H23F2N3O3/c24-16-10-15(11-17(25)12-16)13-28-20-14-27(21(29)5-1-2-6-22(30)31)9-7-18(20)19-4-3-8-26-23(19)28/h3-4,8,10-12H,1-2,5-7,9,13-14H2,(H,30,31). The van der Waals surface area contributed by atoms with Gasteiger partial charge in [-0.1, -0.05) is 0 Å². The largest absolute Gasteiger partial charge is 0.481 e. The first-order valence-corrected chi connectivity index (χ1v) is 10.3. The number of carbonyl (C=O) groups is 2. The Labute approximate surface area is 178 Å². The molecule has 0 saturated heterocycles. The molecule has 3 heterocycles. The van der Waals surface area contributed by atoms with Crippen molar-refractivity contribution in [3.05, 3.63) is 65.0 Å². The van der Waals surface area contributed by atoms with Gasteiger partial charge in [-0.15, -0.1) is 0 Å². The number of aliphatic carboxylic acids is 1. The Morgan fingerprint density at radius 2 is 1.84 bits per heavy atom. The molecule has 0 unspecified atom stereocenters. The average Bonchev–Trinajstić information content (AvgIpc) is 3.03. The van der Waals surface area contributed by atoms with Crippen LogP contribution >= 0.6 is 0 Å². The second kappa shape index (κ2) is 8.83. The summed E-state index contributed by atoms with van der Waals surface area (Å²) in [4.78, 5) is 29.6. The van der Waals surface area contributed by atoms with E-state index in [1.54, 1.807) is 11.1 Å². The molecule has 0 bridgehead atoms. The van der Waals surface area contributed by atoms with E-state index in [0.717, 1.165) is 28.4 Å². The van der Waals surface area contributed by atoms with Gasteiger partial charge in [-0.3, -0.25) is 9.59 Å². The number of aromatic nitrogens is 2. The fraction of sp³-hybridized carbons (Fsp3) is 0.348. The van der Waals surface area contributed by atoms with E-state index in [-0.39, 0.29) is 18.9 Å². The normalized spacial score (nSPS) is 13.4. The Hall–Kier alpha value is -3.29. The second-order valence-corrected chi connectivity index (χ2v) is 7.83. The number of hydrogen-bond donors (Lipinski definition) is 1. The Balaban J connectivity index is 1.60. The summed E-state index contributed by atoms with van der Waals surface area (Å²) in [6, 6.07) is 7.29. The highest BCUT2D eigenvalue weighted by molar-refractivity contribution is 5.84. The van der Waals surface area contributed by atoms with Crippen LogP contribution in [-0.2, 0) is 29.1 Å². The third kappa shape index (κ3) is 4.57. The lowest BCUT2D eigenvalue weighted by Gasteiger charge is -2.28. The summed E-state index contributed by atoms with van der Waals surface area (Å²) in [6.07, 6.45) is 3.71. The molecule has 31 heavy (non-hydrogen) atoms. The van der Waals surface area contributed by atoms with Gasteiger partial charge in [-0.2, -0.15) is 0 Å². The van der Waals surface area contributed by atoms with E-state index in [9.17, 15) is 18.4 Å². The maximum Gasteiger partial charge on any atom is 0.303 e. The van der Waals surface area contributed by atoms with Crippen molar-refractivity contribution in [3.8, 4) is 0 Å². The third-order valence-electron chi connectivity index (χ3n) is 5.66. The minimum Gasteiger partial charge on any atom is -0.481 e. The van der Waals surface area contributed by atoms with Crippen LogP contribution in [0.4, 0.5) is 8.78 Å². The van der Waals surface area contributed by atoms with Gasteiger partial charge >= 0.3 is 5.97 Å². The van der Waals surface area contributed by atoms with Crippen molar-refractivity contribution >= 4 is 22.9 Å². The van der Waals surface area contributed by atoms with Crippen LogP contribution in [0, 0.1) is 11.6 Å². The molecule has 8 heteroatoms. The van der Waals surface area contributed by atoms with E-state index in [2.05, 4.69) is 4.98 Å². The number of carboxylic acid groups (broad SMARTS) is 1. The van der Waals surface area contributed by atoms with E-state index < -0.39 is 17.6 Å². The number of hydrogen-bond acceptors (Lipinski definition) is 3. The molecule has 1 aliphatic heterocycles. The van der Waals surface area contributed by atoms with Crippen molar-refractivity contribution < 1.29 is 23.5 Å². The minimum absolute atomic E-state index is 0.0161. The number of rotatable bonds is 7.